The summed E-state index contributed by atoms with van der Waals surface area (Å²) in [6, 6.07) is -1.98. The molecule has 0 radical (unpaired) electrons. The molecule has 25 heteroatoms. The first-order chi connectivity index (χ1) is 37.6. The molecule has 0 aromatic rings. The number of hydrogen-bond donors (Lipinski definition) is 12. The first-order valence-electron chi connectivity index (χ1n) is 29.2. The van der Waals surface area contributed by atoms with Gasteiger partial charge in [0.25, 0.3) is 5.79 Å². The lowest BCUT2D eigenvalue weighted by molar-refractivity contribution is -0.421. The molecule has 5 heterocycles. The Balaban J connectivity index is 0.000000348. The number of nitrogens with zero attached hydrogens (tertiary/aromatic N) is 1. The average molecular weight is 1170 g/mol. The van der Waals surface area contributed by atoms with Crippen molar-refractivity contribution in [2.24, 2.45) is 35.3 Å². The number of aliphatic hydroxyl groups is 8. The second-order valence-electron chi connectivity index (χ2n) is 25.0. The van der Waals surface area contributed by atoms with Gasteiger partial charge in [0.05, 0.1) is 71.9 Å². The predicted octanol–water partition coefficient (Wildman–Crippen LogP) is -0.509. The van der Waals surface area contributed by atoms with E-state index in [1.54, 1.807) is 60.5 Å². The van der Waals surface area contributed by atoms with Crippen LogP contribution in [0.3, 0.4) is 0 Å². The van der Waals surface area contributed by atoms with Crippen LogP contribution >= 0.6 is 0 Å². The molecule has 25 nitrogen and oxygen atoms in total. The molecular formula is C56H102N4O21. The number of carbonyl (C=O) groups excluding carboxylic acids is 2. The van der Waals surface area contributed by atoms with E-state index in [9.17, 15) is 55.2 Å². The molecule has 6 fully saturated rings. The molecule has 0 bridgehead atoms. The number of carbonyl (C=O) groups is 3. The molecule has 472 valence electrons. The number of ether oxygens (including phenoxy) is 9. The van der Waals surface area contributed by atoms with Crippen LogP contribution in [-0.4, -0.2) is 248 Å². The number of nitrogens with two attached hydrogens (primary N) is 1. The standard InChI is InChI=1S/C38H72N2O12.C18H30N2O9/c1-13-26-38(11,46)31(42)22(5)28(40-15-14-39)20(3)17-36(9,45)33(52-35-29(41)19(2)16-21(4)48-35)23(6)30(24(7)34(44)50-26)51-27-18-37(10,47-12)32(43)25(8)49-27;1-8-7-9(21)18(26)17(27-8)28-16-14(25)12(20(3)6-4-5-10(22)23)13(24)11(19-2)15(16)29-18/h19-33,35,40-43,45-46H,13-18,39H2,1-12H3;8,11-17,19,24-26H,4-7H2,1-3H3,(H,22,23)/t19?,20-,21?,22+,23?,24-,25?,26-,27?,28+,29?,30+,31-,32?,33-,35?,36-,37?,38-;8-,11+,12-,13-,14+,15-,16-,17+,18+/m11/s1. The Hall–Kier alpha value is -2.19. The first-order valence-corrected chi connectivity index (χ1v) is 29.2. The number of carboxylic acids is 1. The van der Waals surface area contributed by atoms with Gasteiger partial charge >= 0.3 is 11.9 Å². The molecule has 0 aromatic carbocycles. The molecule has 9 unspecified atom stereocenters. The van der Waals surface area contributed by atoms with Crippen molar-refractivity contribution in [2.45, 2.75) is 267 Å². The minimum absolute atomic E-state index is 0.0344. The molecule has 0 spiro atoms. The number of hydrogen-bond acceptors (Lipinski definition) is 24. The Morgan fingerprint density at radius 2 is 1.47 bits per heavy atom. The van der Waals surface area contributed by atoms with E-state index < -0.39 is 168 Å². The zero-order valence-corrected chi connectivity index (χ0v) is 50.4. The summed E-state index contributed by atoms with van der Waals surface area (Å²) in [7, 11) is 4.77. The average Bonchev–Trinajstić information content (AvgIpc) is 3.45. The van der Waals surface area contributed by atoms with E-state index in [1.807, 2.05) is 34.6 Å². The summed E-state index contributed by atoms with van der Waals surface area (Å²) in [6.07, 6.45) is -14.2. The maximum Gasteiger partial charge on any atom is 0.311 e. The van der Waals surface area contributed by atoms with Crippen molar-refractivity contribution in [3.8, 4) is 0 Å². The largest absolute Gasteiger partial charge is 0.481 e. The van der Waals surface area contributed by atoms with Gasteiger partial charge < -0.3 is 105 Å². The van der Waals surface area contributed by atoms with Crippen LogP contribution in [0, 0.1) is 29.6 Å². The number of ketones is 1. The summed E-state index contributed by atoms with van der Waals surface area (Å²) < 4.78 is 54.5. The number of rotatable bonds is 15. The number of carboxylic acid groups (broad SMARTS) is 1. The molecule has 6 rings (SSSR count). The SMILES string of the molecule is CC[C@H]1OC(=O)[C@H](C)[C@@H](OC2CC(C)(OC)C(O)C(C)O2)C(C)[C@@H](OC2OC(C)CC(C)C2O)[C@](C)(O)C[C@@H](C)[C@H](NCCN)[C@H](C)[C@@H](O)[C@]1(C)O.CN[C@H]1[C@@H](O)[C@@H](N(C)CCCC(=O)O)[C@H](O)[C@H]2O[C@@H]3O[C@H](C)CC(=O)[C@]3(O)O[C@H]12. The highest BCUT2D eigenvalue weighted by Crippen LogP contribution is 2.44. The van der Waals surface area contributed by atoms with Crippen LogP contribution in [0.1, 0.15) is 128 Å². The zero-order chi connectivity index (χ0) is 61.0. The number of cyclic esters (lactones) is 1. The van der Waals surface area contributed by atoms with Crippen LogP contribution in [0.5, 0.6) is 0 Å². The summed E-state index contributed by atoms with van der Waals surface area (Å²) in [4.78, 5) is 39.0. The van der Waals surface area contributed by atoms with Crippen molar-refractivity contribution < 1.29 is 103 Å². The fraction of sp³-hybridized carbons (Fsp3) is 0.946. The summed E-state index contributed by atoms with van der Waals surface area (Å²) >= 11 is 0. The summed E-state index contributed by atoms with van der Waals surface area (Å²) in [5, 5.41) is 106. The molecule has 5 aliphatic heterocycles. The number of aliphatic carboxylic acids is 1. The zero-order valence-electron chi connectivity index (χ0n) is 50.4. The fourth-order valence-electron chi connectivity index (χ4n) is 13.5. The minimum atomic E-state index is -2.30. The number of aliphatic hydroxyl groups excluding tert-OH is 5. The van der Waals surface area contributed by atoms with Gasteiger partial charge in [-0.25, -0.2) is 0 Å². The van der Waals surface area contributed by atoms with E-state index in [0.29, 0.717) is 32.5 Å². The van der Waals surface area contributed by atoms with Gasteiger partial charge in [-0.1, -0.05) is 34.6 Å². The third-order valence-electron chi connectivity index (χ3n) is 18.3. The molecule has 81 heavy (non-hydrogen) atoms. The minimum Gasteiger partial charge on any atom is -0.481 e. The molecular weight excluding hydrogens is 1060 g/mol. The third kappa shape index (κ3) is 15.5. The normalized spacial score (nSPS) is 48.4. The van der Waals surface area contributed by atoms with Crippen LogP contribution in [0.2, 0.25) is 0 Å². The number of nitrogens with one attached hydrogen (secondary N) is 2. The Labute approximate surface area is 478 Å². The smallest absolute Gasteiger partial charge is 0.311 e. The van der Waals surface area contributed by atoms with E-state index in [1.165, 1.54) is 14.0 Å². The third-order valence-corrected chi connectivity index (χ3v) is 18.3. The number of fused-ring (bicyclic) bond motifs is 2. The molecule has 28 atom stereocenters. The van der Waals surface area contributed by atoms with Crippen LogP contribution in [0.25, 0.3) is 0 Å². The van der Waals surface area contributed by atoms with E-state index in [-0.39, 0.29) is 50.0 Å². The molecule has 13 N–H and O–H groups in total. The lowest BCUT2D eigenvalue weighted by Crippen LogP contribution is -2.77. The Morgan fingerprint density at radius 1 is 0.815 bits per heavy atom. The topological polar surface area (TPSA) is 370 Å². The van der Waals surface area contributed by atoms with Crippen LogP contribution < -0.4 is 16.4 Å². The highest BCUT2D eigenvalue weighted by molar-refractivity contribution is 5.87. The van der Waals surface area contributed by atoms with E-state index in [2.05, 4.69) is 10.6 Å². The number of esters is 1. The van der Waals surface area contributed by atoms with E-state index >= 15 is 0 Å². The monoisotopic (exact) mass is 1170 g/mol. The van der Waals surface area contributed by atoms with Gasteiger partial charge in [0.2, 0.25) is 6.29 Å². The van der Waals surface area contributed by atoms with Gasteiger partial charge in [0, 0.05) is 57.3 Å². The first kappa shape index (κ1) is 69.6. The quantitative estimate of drug-likeness (QED) is 0.0919. The van der Waals surface area contributed by atoms with Crippen molar-refractivity contribution in [1.29, 1.82) is 0 Å². The predicted molar refractivity (Wildman–Crippen MR) is 291 cm³/mol. The van der Waals surface area contributed by atoms with Crippen LogP contribution in [0.4, 0.5) is 0 Å². The lowest BCUT2D eigenvalue weighted by atomic mass is 9.72. The summed E-state index contributed by atoms with van der Waals surface area (Å²) in [5.74, 6) is -7.30. The Morgan fingerprint density at radius 3 is 2.06 bits per heavy atom. The van der Waals surface area contributed by atoms with Gasteiger partial charge in [0.1, 0.15) is 42.2 Å². The lowest BCUT2D eigenvalue weighted by Gasteiger charge is -2.56. The molecule has 1 saturated carbocycles. The number of methoxy groups -OCH3 is 1. The van der Waals surface area contributed by atoms with Crippen LogP contribution in [0.15, 0.2) is 0 Å². The van der Waals surface area contributed by atoms with Crippen molar-refractivity contribution in [2.75, 3.05) is 40.8 Å². The molecule has 0 aromatic heterocycles. The molecule has 0 amide bonds. The molecule has 1 aliphatic carbocycles. The second-order valence-corrected chi connectivity index (χ2v) is 25.0. The molecule has 6 aliphatic rings. The van der Waals surface area contributed by atoms with Crippen molar-refractivity contribution >= 4 is 17.7 Å². The highest BCUT2D eigenvalue weighted by atomic mass is 16.8. The number of Topliss-reactive ketones (excluding diaryl/α,β-unsaturated/α-hetero) is 1. The van der Waals surface area contributed by atoms with Crippen molar-refractivity contribution in [3.05, 3.63) is 0 Å². The van der Waals surface area contributed by atoms with Gasteiger partial charge in [-0.05, 0) is 107 Å². The second kappa shape index (κ2) is 28.5. The maximum absolute atomic E-state index is 14.2. The Bertz CT molecular complexity index is 2030. The fourth-order valence-corrected chi connectivity index (χ4v) is 13.5. The van der Waals surface area contributed by atoms with E-state index in [0.717, 1.165) is 0 Å². The van der Waals surface area contributed by atoms with Crippen molar-refractivity contribution in [1.82, 2.24) is 15.5 Å². The van der Waals surface area contributed by atoms with Crippen LogP contribution in [-0.2, 0) is 57.0 Å². The summed E-state index contributed by atoms with van der Waals surface area (Å²) in [5.41, 5.74) is 1.40. The van der Waals surface area contributed by atoms with Crippen molar-refractivity contribution in [3.63, 3.8) is 0 Å². The van der Waals surface area contributed by atoms with Gasteiger partial charge in [-0.3, -0.25) is 19.3 Å². The number of likely N-dealkylation sites (N-methyl/N-ethyl adjacent to an activating group) is 2. The Kier molecular flexibility index (Phi) is 24.5. The molecule has 5 saturated heterocycles. The summed E-state index contributed by atoms with van der Waals surface area (Å²) in [6.45, 7) is 22.2. The van der Waals surface area contributed by atoms with Gasteiger partial charge in [0.15, 0.2) is 18.4 Å². The van der Waals surface area contributed by atoms with Gasteiger partial charge in [-0.15, -0.1) is 0 Å². The van der Waals surface area contributed by atoms with E-state index in [4.69, 9.17) is 53.5 Å². The highest BCUT2D eigenvalue weighted by Gasteiger charge is 2.64. The maximum atomic E-state index is 14.2. The van der Waals surface area contributed by atoms with Gasteiger partial charge in [-0.2, -0.15) is 0 Å².